The maximum Gasteiger partial charge on any atom is 0.284 e. The van der Waals surface area contributed by atoms with Crippen molar-refractivity contribution in [2.75, 3.05) is 10.6 Å². The SMILES string of the molecule is CC1CCC(n2cc(NC(=O)c3cnn4ccc(NC5CCCCC5)nc34)c(C(F)F)n2)CC1. The number of halogens is 2. The van der Waals surface area contributed by atoms with Gasteiger partial charge in [-0.1, -0.05) is 26.2 Å². The number of alkyl halides is 2. The summed E-state index contributed by atoms with van der Waals surface area (Å²) in [4.78, 5) is 17.7. The Morgan fingerprint density at radius 3 is 2.62 bits per heavy atom. The molecule has 2 fully saturated rings. The minimum absolute atomic E-state index is 0.0365. The van der Waals surface area contributed by atoms with Crippen LogP contribution in [-0.2, 0) is 0 Å². The van der Waals surface area contributed by atoms with E-state index in [0.29, 0.717) is 23.4 Å². The molecule has 0 atom stereocenters. The number of fused-ring (bicyclic) bond motifs is 1. The molecular formula is C24H31F2N7O. The van der Waals surface area contributed by atoms with Crippen molar-refractivity contribution in [1.29, 1.82) is 0 Å². The second kappa shape index (κ2) is 9.68. The van der Waals surface area contributed by atoms with E-state index in [9.17, 15) is 13.6 Å². The number of hydrogen-bond acceptors (Lipinski definition) is 5. The average molecular weight is 472 g/mol. The highest BCUT2D eigenvalue weighted by atomic mass is 19.3. The van der Waals surface area contributed by atoms with Gasteiger partial charge in [-0.25, -0.2) is 18.3 Å². The Labute approximate surface area is 197 Å². The standard InChI is InChI=1S/C24H31F2N7O/c1-15-7-9-17(10-8-15)33-14-19(21(31-33)22(25)26)29-24(34)18-13-27-32-12-11-20(30-23(18)32)28-16-5-3-2-4-6-16/h11-17,22H,2-10H2,1H3,(H,28,30)(H,29,34). The van der Waals surface area contributed by atoms with Gasteiger partial charge in [-0.15, -0.1) is 0 Å². The van der Waals surface area contributed by atoms with Crippen LogP contribution in [0.3, 0.4) is 0 Å². The average Bonchev–Trinajstić information content (AvgIpc) is 3.44. The Hall–Kier alpha value is -3.04. The lowest BCUT2D eigenvalue weighted by Crippen LogP contribution is -2.23. The predicted molar refractivity (Wildman–Crippen MR) is 125 cm³/mol. The molecule has 2 aliphatic carbocycles. The number of carbonyl (C=O) groups is 1. The smallest absolute Gasteiger partial charge is 0.284 e. The summed E-state index contributed by atoms with van der Waals surface area (Å²) in [5.74, 6) is 0.791. The molecule has 0 radical (unpaired) electrons. The molecule has 2 N–H and O–H groups in total. The number of rotatable bonds is 6. The van der Waals surface area contributed by atoms with Gasteiger partial charge in [-0.05, 0) is 50.5 Å². The van der Waals surface area contributed by atoms with Gasteiger partial charge in [0.15, 0.2) is 11.3 Å². The van der Waals surface area contributed by atoms with Crippen LogP contribution in [0.2, 0.25) is 0 Å². The highest BCUT2D eigenvalue weighted by molar-refractivity contribution is 6.08. The first-order valence-corrected chi connectivity index (χ1v) is 12.3. The lowest BCUT2D eigenvalue weighted by atomic mass is 9.87. The van der Waals surface area contributed by atoms with Gasteiger partial charge in [-0.2, -0.15) is 10.2 Å². The van der Waals surface area contributed by atoms with Gasteiger partial charge in [0.1, 0.15) is 11.4 Å². The van der Waals surface area contributed by atoms with Crippen LogP contribution in [0.25, 0.3) is 5.65 Å². The van der Waals surface area contributed by atoms with E-state index in [-0.39, 0.29) is 17.3 Å². The highest BCUT2D eigenvalue weighted by Gasteiger charge is 2.26. The third kappa shape index (κ3) is 4.76. The van der Waals surface area contributed by atoms with E-state index in [1.54, 1.807) is 10.9 Å². The number of aromatic nitrogens is 5. The molecule has 5 rings (SSSR count). The third-order valence-corrected chi connectivity index (χ3v) is 7.15. The van der Waals surface area contributed by atoms with Crippen LogP contribution in [-0.4, -0.2) is 36.3 Å². The molecule has 1 amide bonds. The van der Waals surface area contributed by atoms with Crippen molar-refractivity contribution >= 4 is 23.1 Å². The molecule has 10 heteroatoms. The summed E-state index contributed by atoms with van der Waals surface area (Å²) in [6, 6.07) is 2.28. The first kappa shape index (κ1) is 22.7. The summed E-state index contributed by atoms with van der Waals surface area (Å²) >= 11 is 0. The van der Waals surface area contributed by atoms with E-state index in [1.807, 2.05) is 6.07 Å². The van der Waals surface area contributed by atoms with Gasteiger partial charge in [0.25, 0.3) is 12.3 Å². The molecule has 2 aliphatic rings. The van der Waals surface area contributed by atoms with Gasteiger partial charge in [0, 0.05) is 18.4 Å². The van der Waals surface area contributed by atoms with Crippen LogP contribution in [0.4, 0.5) is 20.3 Å². The monoisotopic (exact) mass is 471 g/mol. The first-order valence-electron chi connectivity index (χ1n) is 12.3. The van der Waals surface area contributed by atoms with Crippen molar-refractivity contribution in [2.45, 2.75) is 83.2 Å². The zero-order chi connectivity index (χ0) is 23.7. The zero-order valence-corrected chi connectivity index (χ0v) is 19.4. The molecule has 2 saturated carbocycles. The van der Waals surface area contributed by atoms with E-state index in [2.05, 4.69) is 32.7 Å². The number of hydrogen-bond donors (Lipinski definition) is 2. The van der Waals surface area contributed by atoms with E-state index in [4.69, 9.17) is 0 Å². The number of anilines is 2. The Morgan fingerprint density at radius 1 is 1.12 bits per heavy atom. The van der Waals surface area contributed by atoms with Crippen LogP contribution >= 0.6 is 0 Å². The molecule has 8 nitrogen and oxygen atoms in total. The molecule has 0 spiro atoms. The third-order valence-electron chi connectivity index (χ3n) is 7.15. The van der Waals surface area contributed by atoms with Crippen LogP contribution in [0.15, 0.2) is 24.7 Å². The minimum Gasteiger partial charge on any atom is -0.367 e. The van der Waals surface area contributed by atoms with E-state index in [0.717, 1.165) is 38.5 Å². The van der Waals surface area contributed by atoms with Crippen molar-refractivity contribution in [1.82, 2.24) is 24.4 Å². The van der Waals surface area contributed by atoms with Crippen molar-refractivity contribution in [3.63, 3.8) is 0 Å². The predicted octanol–water partition coefficient (Wildman–Crippen LogP) is 5.61. The Kier molecular flexibility index (Phi) is 6.47. The summed E-state index contributed by atoms with van der Waals surface area (Å²) in [5.41, 5.74) is 0.239. The molecular weight excluding hydrogens is 440 g/mol. The van der Waals surface area contributed by atoms with E-state index < -0.39 is 18.0 Å². The summed E-state index contributed by atoms with van der Waals surface area (Å²) in [7, 11) is 0. The molecule has 0 bridgehead atoms. The minimum atomic E-state index is -2.78. The zero-order valence-electron chi connectivity index (χ0n) is 19.4. The highest BCUT2D eigenvalue weighted by Crippen LogP contribution is 2.34. The van der Waals surface area contributed by atoms with E-state index in [1.165, 1.54) is 36.2 Å². The maximum atomic E-state index is 13.7. The van der Waals surface area contributed by atoms with Crippen LogP contribution in [0.5, 0.6) is 0 Å². The molecule has 0 aliphatic heterocycles. The fourth-order valence-electron chi connectivity index (χ4n) is 5.11. The summed E-state index contributed by atoms with van der Waals surface area (Å²) in [5, 5.41) is 14.4. The van der Waals surface area contributed by atoms with Gasteiger partial charge >= 0.3 is 0 Å². The Bertz CT molecular complexity index is 1140. The first-order chi connectivity index (χ1) is 16.5. The number of nitrogens with one attached hydrogen (secondary N) is 2. The van der Waals surface area contributed by atoms with Gasteiger partial charge < -0.3 is 10.6 Å². The summed E-state index contributed by atoms with van der Waals surface area (Å²) < 4.78 is 30.6. The van der Waals surface area contributed by atoms with Crippen LogP contribution in [0.1, 0.15) is 93.2 Å². The maximum absolute atomic E-state index is 13.7. The normalized spacial score (nSPS) is 21.8. The fourth-order valence-corrected chi connectivity index (χ4v) is 5.11. The Morgan fingerprint density at radius 2 is 1.88 bits per heavy atom. The molecule has 3 aromatic rings. The molecule has 0 saturated heterocycles. The fraction of sp³-hybridized carbons (Fsp3) is 0.583. The van der Waals surface area contributed by atoms with Gasteiger partial charge in [0.05, 0.1) is 17.9 Å². The summed E-state index contributed by atoms with van der Waals surface area (Å²) in [6.45, 7) is 2.20. The second-order valence-electron chi connectivity index (χ2n) is 9.70. The lowest BCUT2D eigenvalue weighted by Gasteiger charge is -2.26. The number of amides is 1. The molecule has 3 heterocycles. The number of nitrogens with zero attached hydrogens (tertiary/aromatic N) is 5. The summed E-state index contributed by atoms with van der Waals surface area (Å²) in [6.07, 6.45) is 11.6. The molecule has 0 unspecified atom stereocenters. The van der Waals surface area contributed by atoms with Crippen molar-refractivity contribution < 1.29 is 13.6 Å². The van der Waals surface area contributed by atoms with Crippen LogP contribution in [0, 0.1) is 5.92 Å². The molecule has 3 aromatic heterocycles. The largest absolute Gasteiger partial charge is 0.367 e. The van der Waals surface area contributed by atoms with Crippen LogP contribution < -0.4 is 10.6 Å². The second-order valence-corrected chi connectivity index (χ2v) is 9.70. The lowest BCUT2D eigenvalue weighted by molar-refractivity contribution is 0.102. The van der Waals surface area contributed by atoms with Crippen molar-refractivity contribution in [3.05, 3.63) is 35.9 Å². The quantitative estimate of drug-likeness (QED) is 0.488. The van der Waals surface area contributed by atoms with Crippen molar-refractivity contribution in [2.24, 2.45) is 5.92 Å². The van der Waals surface area contributed by atoms with Gasteiger partial charge in [-0.3, -0.25) is 9.48 Å². The van der Waals surface area contributed by atoms with Crippen molar-refractivity contribution in [3.8, 4) is 0 Å². The molecule has 34 heavy (non-hydrogen) atoms. The van der Waals surface area contributed by atoms with E-state index >= 15 is 0 Å². The Balaban J connectivity index is 1.36. The topological polar surface area (TPSA) is 89.1 Å². The van der Waals surface area contributed by atoms with Gasteiger partial charge in [0.2, 0.25) is 0 Å². The molecule has 182 valence electrons. The number of carbonyl (C=O) groups excluding carboxylic acids is 1. The molecule has 0 aromatic carbocycles.